The largest absolute Gasteiger partial charge is 0.394 e. The lowest BCUT2D eigenvalue weighted by Gasteiger charge is -2.35. The predicted octanol–water partition coefficient (Wildman–Crippen LogP) is 1.26. The minimum atomic E-state index is -0.481. The maximum absolute atomic E-state index is 11.7. The SMILES string of the molecule is CNC(=O)C[C@]1(CO)CCCN1Cc1cc(C(C)C)no1. The average Bonchev–Trinajstić information content (AvgIpc) is 3.07. The first-order valence-electron chi connectivity index (χ1n) is 7.53. The molecular weight excluding hydrogens is 270 g/mol. The molecule has 0 bridgehead atoms. The molecule has 1 aliphatic heterocycles. The maximum Gasteiger partial charge on any atom is 0.221 e. The van der Waals surface area contributed by atoms with Crippen molar-refractivity contribution in [3.05, 3.63) is 17.5 Å². The van der Waals surface area contributed by atoms with E-state index in [1.165, 1.54) is 0 Å². The number of aliphatic hydroxyl groups excluding tert-OH is 1. The van der Waals surface area contributed by atoms with Crippen LogP contribution in [-0.2, 0) is 11.3 Å². The third kappa shape index (κ3) is 3.44. The maximum atomic E-state index is 11.7. The summed E-state index contributed by atoms with van der Waals surface area (Å²) in [7, 11) is 1.62. The molecule has 21 heavy (non-hydrogen) atoms. The molecule has 0 saturated carbocycles. The van der Waals surface area contributed by atoms with Crippen LogP contribution in [0.15, 0.2) is 10.6 Å². The van der Waals surface area contributed by atoms with E-state index in [2.05, 4.69) is 29.2 Å². The van der Waals surface area contributed by atoms with Gasteiger partial charge < -0.3 is 14.9 Å². The van der Waals surface area contributed by atoms with Crippen molar-refractivity contribution in [3.8, 4) is 0 Å². The molecule has 1 aromatic heterocycles. The van der Waals surface area contributed by atoms with Crippen LogP contribution < -0.4 is 5.32 Å². The number of carbonyl (C=O) groups is 1. The van der Waals surface area contributed by atoms with Crippen molar-refractivity contribution in [1.29, 1.82) is 0 Å². The highest BCUT2D eigenvalue weighted by atomic mass is 16.5. The number of likely N-dealkylation sites (tertiary alicyclic amines) is 1. The van der Waals surface area contributed by atoms with Crippen LogP contribution in [0.25, 0.3) is 0 Å². The van der Waals surface area contributed by atoms with E-state index >= 15 is 0 Å². The smallest absolute Gasteiger partial charge is 0.221 e. The van der Waals surface area contributed by atoms with E-state index in [1.54, 1.807) is 7.05 Å². The minimum Gasteiger partial charge on any atom is -0.394 e. The number of hydrogen-bond acceptors (Lipinski definition) is 5. The topological polar surface area (TPSA) is 78.6 Å². The molecule has 1 aromatic rings. The van der Waals surface area contributed by atoms with Gasteiger partial charge in [0.15, 0.2) is 5.76 Å². The zero-order valence-corrected chi connectivity index (χ0v) is 13.1. The fourth-order valence-electron chi connectivity index (χ4n) is 2.93. The number of aromatic nitrogens is 1. The number of aliphatic hydroxyl groups is 1. The third-order valence-corrected chi connectivity index (χ3v) is 4.32. The lowest BCUT2D eigenvalue weighted by atomic mass is 9.92. The second-order valence-electron chi connectivity index (χ2n) is 6.13. The number of rotatable bonds is 6. The first-order chi connectivity index (χ1) is 10.0. The van der Waals surface area contributed by atoms with Crippen molar-refractivity contribution in [3.63, 3.8) is 0 Å². The van der Waals surface area contributed by atoms with E-state index in [-0.39, 0.29) is 12.5 Å². The van der Waals surface area contributed by atoms with Gasteiger partial charge >= 0.3 is 0 Å². The van der Waals surface area contributed by atoms with Crippen molar-refractivity contribution in [2.75, 3.05) is 20.2 Å². The van der Waals surface area contributed by atoms with Crippen LogP contribution in [0.1, 0.15) is 50.5 Å². The van der Waals surface area contributed by atoms with Crippen molar-refractivity contribution in [1.82, 2.24) is 15.4 Å². The van der Waals surface area contributed by atoms with Gasteiger partial charge in [-0.3, -0.25) is 9.69 Å². The molecule has 6 heteroatoms. The van der Waals surface area contributed by atoms with Gasteiger partial charge in [0.05, 0.1) is 24.4 Å². The van der Waals surface area contributed by atoms with Gasteiger partial charge in [0.1, 0.15) is 0 Å². The van der Waals surface area contributed by atoms with E-state index in [9.17, 15) is 9.90 Å². The summed E-state index contributed by atoms with van der Waals surface area (Å²) in [6.07, 6.45) is 2.11. The van der Waals surface area contributed by atoms with Crippen molar-refractivity contribution in [2.45, 2.75) is 51.1 Å². The van der Waals surface area contributed by atoms with Gasteiger partial charge in [-0.2, -0.15) is 0 Å². The number of nitrogens with zero attached hydrogens (tertiary/aromatic N) is 2. The second kappa shape index (κ2) is 6.58. The lowest BCUT2D eigenvalue weighted by molar-refractivity contribution is -0.124. The molecule has 1 saturated heterocycles. The van der Waals surface area contributed by atoms with E-state index in [0.29, 0.717) is 18.9 Å². The number of carbonyl (C=O) groups excluding carboxylic acids is 1. The van der Waals surface area contributed by atoms with Gasteiger partial charge in [0, 0.05) is 19.5 Å². The normalized spacial score (nSPS) is 22.9. The molecular formula is C15H25N3O3. The monoisotopic (exact) mass is 295 g/mol. The quantitative estimate of drug-likeness (QED) is 0.826. The van der Waals surface area contributed by atoms with Gasteiger partial charge in [-0.1, -0.05) is 19.0 Å². The summed E-state index contributed by atoms with van der Waals surface area (Å²) in [6.45, 7) is 5.56. The molecule has 1 fully saturated rings. The standard InChI is InChI=1S/C15H25N3O3/c1-11(2)13-7-12(21-17-13)9-18-6-4-5-15(18,10-19)8-14(20)16-3/h7,11,19H,4-6,8-10H2,1-3H3,(H,16,20)/t15-/m0/s1. The Kier molecular flexibility index (Phi) is 5.00. The minimum absolute atomic E-state index is 0.0222. The Hall–Kier alpha value is -1.40. The lowest BCUT2D eigenvalue weighted by Crippen LogP contribution is -2.49. The average molecular weight is 295 g/mol. The molecule has 0 aliphatic carbocycles. The van der Waals surface area contributed by atoms with Crippen LogP contribution in [-0.4, -0.2) is 46.8 Å². The zero-order chi connectivity index (χ0) is 15.5. The van der Waals surface area contributed by atoms with E-state index < -0.39 is 5.54 Å². The first kappa shape index (κ1) is 16.0. The summed E-state index contributed by atoms with van der Waals surface area (Å²) in [5.41, 5.74) is 0.454. The Morgan fingerprint density at radius 2 is 2.38 bits per heavy atom. The highest BCUT2D eigenvalue weighted by Crippen LogP contribution is 2.33. The van der Waals surface area contributed by atoms with Crippen LogP contribution >= 0.6 is 0 Å². The molecule has 0 unspecified atom stereocenters. The van der Waals surface area contributed by atoms with Crippen LogP contribution in [0.2, 0.25) is 0 Å². The Bertz CT molecular complexity index is 486. The second-order valence-corrected chi connectivity index (χ2v) is 6.13. The van der Waals surface area contributed by atoms with Crippen molar-refractivity contribution >= 4 is 5.91 Å². The highest BCUT2D eigenvalue weighted by Gasteiger charge is 2.42. The van der Waals surface area contributed by atoms with E-state index in [1.807, 2.05) is 6.07 Å². The van der Waals surface area contributed by atoms with E-state index in [4.69, 9.17) is 4.52 Å². The van der Waals surface area contributed by atoms with Gasteiger partial charge in [0.25, 0.3) is 0 Å². The molecule has 1 amide bonds. The summed E-state index contributed by atoms with van der Waals surface area (Å²) in [6, 6.07) is 1.96. The number of hydrogen-bond donors (Lipinski definition) is 2. The van der Waals surface area contributed by atoms with Crippen LogP contribution in [0.4, 0.5) is 0 Å². The van der Waals surface area contributed by atoms with Crippen LogP contribution in [0.3, 0.4) is 0 Å². The summed E-state index contributed by atoms with van der Waals surface area (Å²) in [5.74, 6) is 1.07. The van der Waals surface area contributed by atoms with Crippen molar-refractivity contribution in [2.24, 2.45) is 0 Å². The molecule has 0 spiro atoms. The molecule has 1 aliphatic rings. The van der Waals surface area contributed by atoms with Gasteiger partial charge in [-0.25, -0.2) is 0 Å². The molecule has 6 nitrogen and oxygen atoms in total. The number of nitrogens with one attached hydrogen (secondary N) is 1. The summed E-state index contributed by atoms with van der Waals surface area (Å²) in [4.78, 5) is 13.9. The molecule has 0 aromatic carbocycles. The molecule has 0 radical (unpaired) electrons. The zero-order valence-electron chi connectivity index (χ0n) is 13.1. The van der Waals surface area contributed by atoms with Gasteiger partial charge in [0.2, 0.25) is 5.91 Å². The summed E-state index contributed by atoms with van der Waals surface area (Å²) >= 11 is 0. The van der Waals surface area contributed by atoms with Gasteiger partial charge in [-0.05, 0) is 25.3 Å². The van der Waals surface area contributed by atoms with Gasteiger partial charge in [-0.15, -0.1) is 0 Å². The first-order valence-corrected chi connectivity index (χ1v) is 7.53. The predicted molar refractivity (Wildman–Crippen MR) is 78.7 cm³/mol. The van der Waals surface area contributed by atoms with Crippen molar-refractivity contribution < 1.29 is 14.4 Å². The Morgan fingerprint density at radius 3 is 2.95 bits per heavy atom. The molecule has 118 valence electrons. The fourth-order valence-corrected chi connectivity index (χ4v) is 2.93. The summed E-state index contributed by atoms with van der Waals surface area (Å²) in [5, 5.41) is 16.5. The molecule has 2 heterocycles. The Morgan fingerprint density at radius 1 is 1.62 bits per heavy atom. The fraction of sp³-hybridized carbons (Fsp3) is 0.733. The van der Waals surface area contributed by atoms with Crippen LogP contribution in [0.5, 0.6) is 0 Å². The molecule has 2 N–H and O–H groups in total. The highest BCUT2D eigenvalue weighted by molar-refractivity contribution is 5.77. The Balaban J connectivity index is 2.10. The molecule has 1 atom stereocenters. The molecule has 2 rings (SSSR count). The number of amides is 1. The van der Waals surface area contributed by atoms with E-state index in [0.717, 1.165) is 30.8 Å². The van der Waals surface area contributed by atoms with Crippen LogP contribution in [0, 0.1) is 0 Å². The Labute approximate surface area is 125 Å². The summed E-state index contributed by atoms with van der Waals surface area (Å²) < 4.78 is 5.38. The third-order valence-electron chi connectivity index (χ3n) is 4.32.